The molecule has 1 N–H and O–H groups in total. The third-order valence-electron chi connectivity index (χ3n) is 2.29. The topological polar surface area (TPSA) is 49.8 Å². The van der Waals surface area contributed by atoms with E-state index in [0.717, 1.165) is 25.9 Å². The SMILES string of the molecule is CC(CCCCC(=O)O)C1CO1. The number of unbranched alkanes of at least 4 members (excludes halogenated alkanes) is 1. The van der Waals surface area contributed by atoms with Crippen LogP contribution in [0.25, 0.3) is 0 Å². The van der Waals surface area contributed by atoms with Crippen molar-refractivity contribution in [1.82, 2.24) is 0 Å². The number of carboxylic acid groups (broad SMARTS) is 1. The number of aliphatic carboxylic acids is 1. The van der Waals surface area contributed by atoms with E-state index in [4.69, 9.17) is 9.84 Å². The molecule has 0 saturated carbocycles. The van der Waals surface area contributed by atoms with Gasteiger partial charge in [0.1, 0.15) is 0 Å². The second kappa shape index (κ2) is 4.45. The van der Waals surface area contributed by atoms with Crippen LogP contribution in [0.3, 0.4) is 0 Å². The molecule has 0 aliphatic carbocycles. The fourth-order valence-corrected chi connectivity index (χ4v) is 1.31. The second-order valence-electron chi connectivity index (χ2n) is 3.49. The minimum Gasteiger partial charge on any atom is -0.481 e. The normalized spacial score (nSPS) is 23.6. The van der Waals surface area contributed by atoms with Gasteiger partial charge in [0, 0.05) is 6.42 Å². The lowest BCUT2D eigenvalue weighted by atomic mass is 10.0. The van der Waals surface area contributed by atoms with Crippen LogP contribution in [-0.4, -0.2) is 23.8 Å². The molecule has 0 aromatic rings. The van der Waals surface area contributed by atoms with E-state index in [1.54, 1.807) is 0 Å². The molecule has 1 rings (SSSR count). The van der Waals surface area contributed by atoms with E-state index < -0.39 is 5.97 Å². The van der Waals surface area contributed by atoms with Crippen LogP contribution >= 0.6 is 0 Å². The molecule has 1 aliphatic rings. The fourth-order valence-electron chi connectivity index (χ4n) is 1.31. The first kappa shape index (κ1) is 9.52. The number of carbonyl (C=O) groups is 1. The van der Waals surface area contributed by atoms with Gasteiger partial charge >= 0.3 is 5.97 Å². The lowest BCUT2D eigenvalue weighted by molar-refractivity contribution is -0.137. The van der Waals surface area contributed by atoms with E-state index in [-0.39, 0.29) is 0 Å². The average molecular weight is 172 g/mol. The highest BCUT2D eigenvalue weighted by molar-refractivity contribution is 5.66. The maximum atomic E-state index is 10.2. The summed E-state index contributed by atoms with van der Waals surface area (Å²) in [6.45, 7) is 3.07. The Morgan fingerprint density at radius 2 is 2.33 bits per heavy atom. The molecule has 1 saturated heterocycles. The lowest BCUT2D eigenvalue weighted by Gasteiger charge is -2.05. The molecule has 0 bridgehead atoms. The van der Waals surface area contributed by atoms with Crippen molar-refractivity contribution in [3.05, 3.63) is 0 Å². The summed E-state index contributed by atoms with van der Waals surface area (Å²) in [5.41, 5.74) is 0. The van der Waals surface area contributed by atoms with Gasteiger partial charge in [-0.1, -0.05) is 13.3 Å². The molecule has 1 heterocycles. The van der Waals surface area contributed by atoms with Crippen molar-refractivity contribution < 1.29 is 14.6 Å². The molecule has 0 aromatic heterocycles. The minimum absolute atomic E-state index is 0.304. The standard InChI is InChI=1S/C9H16O3/c1-7(8-6-12-8)4-2-3-5-9(10)11/h7-8H,2-6H2,1H3,(H,10,11). The molecule has 0 radical (unpaired) electrons. The van der Waals surface area contributed by atoms with E-state index in [1.807, 2.05) is 0 Å². The molecule has 2 unspecified atom stereocenters. The largest absolute Gasteiger partial charge is 0.481 e. The number of rotatable bonds is 6. The van der Waals surface area contributed by atoms with Gasteiger partial charge in [-0.05, 0) is 18.8 Å². The van der Waals surface area contributed by atoms with Crippen molar-refractivity contribution in [3.63, 3.8) is 0 Å². The molecule has 0 aromatic carbocycles. The average Bonchev–Trinajstić information content (AvgIpc) is 2.79. The zero-order chi connectivity index (χ0) is 8.97. The Morgan fingerprint density at radius 3 is 2.83 bits per heavy atom. The van der Waals surface area contributed by atoms with Gasteiger partial charge < -0.3 is 9.84 Å². The monoisotopic (exact) mass is 172 g/mol. The van der Waals surface area contributed by atoms with Gasteiger partial charge in [0.05, 0.1) is 12.7 Å². The number of carboxylic acids is 1. The smallest absolute Gasteiger partial charge is 0.303 e. The van der Waals surface area contributed by atoms with Crippen LogP contribution in [0.1, 0.15) is 32.6 Å². The van der Waals surface area contributed by atoms with Crippen LogP contribution in [0.15, 0.2) is 0 Å². The molecule has 2 atom stereocenters. The van der Waals surface area contributed by atoms with E-state index >= 15 is 0 Å². The lowest BCUT2D eigenvalue weighted by Crippen LogP contribution is -2.03. The highest BCUT2D eigenvalue weighted by atomic mass is 16.6. The molecule has 0 spiro atoms. The number of hydrogen-bond acceptors (Lipinski definition) is 2. The fraction of sp³-hybridized carbons (Fsp3) is 0.889. The molecular formula is C9H16O3. The molecule has 0 amide bonds. The van der Waals surface area contributed by atoms with Crippen LogP contribution in [-0.2, 0) is 9.53 Å². The summed E-state index contributed by atoms with van der Waals surface area (Å²) in [4.78, 5) is 10.2. The summed E-state index contributed by atoms with van der Waals surface area (Å²) < 4.78 is 5.13. The minimum atomic E-state index is -0.690. The summed E-state index contributed by atoms with van der Waals surface area (Å²) in [6, 6.07) is 0. The molecule has 3 nitrogen and oxygen atoms in total. The van der Waals surface area contributed by atoms with E-state index in [0.29, 0.717) is 18.4 Å². The summed E-state index contributed by atoms with van der Waals surface area (Å²) in [6.07, 6.45) is 3.67. The van der Waals surface area contributed by atoms with Crippen molar-refractivity contribution >= 4 is 5.97 Å². The maximum Gasteiger partial charge on any atom is 0.303 e. The summed E-state index contributed by atoms with van der Waals surface area (Å²) in [7, 11) is 0. The van der Waals surface area contributed by atoms with Crippen molar-refractivity contribution in [3.8, 4) is 0 Å². The Hall–Kier alpha value is -0.570. The predicted octanol–water partition coefficient (Wildman–Crippen LogP) is 1.67. The van der Waals surface area contributed by atoms with Gasteiger partial charge in [-0.15, -0.1) is 0 Å². The quantitative estimate of drug-likeness (QED) is 0.489. The van der Waals surface area contributed by atoms with Crippen LogP contribution in [0.4, 0.5) is 0 Å². The number of epoxide rings is 1. The van der Waals surface area contributed by atoms with Crippen LogP contribution in [0.5, 0.6) is 0 Å². The third-order valence-corrected chi connectivity index (χ3v) is 2.29. The summed E-state index contributed by atoms with van der Waals surface area (Å²) in [5.74, 6) is -0.0795. The highest BCUT2D eigenvalue weighted by Gasteiger charge is 2.28. The van der Waals surface area contributed by atoms with Gasteiger partial charge in [-0.2, -0.15) is 0 Å². The molecular weight excluding hydrogens is 156 g/mol. The van der Waals surface area contributed by atoms with Crippen molar-refractivity contribution in [1.29, 1.82) is 0 Å². The molecule has 1 aliphatic heterocycles. The van der Waals surface area contributed by atoms with Gasteiger partial charge in [0.25, 0.3) is 0 Å². The highest BCUT2D eigenvalue weighted by Crippen LogP contribution is 2.24. The molecule has 3 heteroatoms. The van der Waals surface area contributed by atoms with E-state index in [1.165, 1.54) is 0 Å². The number of ether oxygens (including phenoxy) is 1. The van der Waals surface area contributed by atoms with Gasteiger partial charge in [-0.3, -0.25) is 4.79 Å². The summed E-state index contributed by atoms with van der Waals surface area (Å²) >= 11 is 0. The molecule has 70 valence electrons. The van der Waals surface area contributed by atoms with E-state index in [9.17, 15) is 4.79 Å². The Labute approximate surface area is 72.7 Å². The van der Waals surface area contributed by atoms with Crippen LogP contribution in [0.2, 0.25) is 0 Å². The van der Waals surface area contributed by atoms with Gasteiger partial charge in [-0.25, -0.2) is 0 Å². The predicted molar refractivity (Wildman–Crippen MR) is 45.0 cm³/mol. The van der Waals surface area contributed by atoms with E-state index in [2.05, 4.69) is 6.92 Å². The Kier molecular flexibility index (Phi) is 3.53. The van der Waals surface area contributed by atoms with Crippen molar-refractivity contribution in [2.45, 2.75) is 38.7 Å². The van der Waals surface area contributed by atoms with Gasteiger partial charge in [0.2, 0.25) is 0 Å². The first-order valence-electron chi connectivity index (χ1n) is 4.53. The van der Waals surface area contributed by atoms with Gasteiger partial charge in [0.15, 0.2) is 0 Å². The van der Waals surface area contributed by atoms with Crippen LogP contribution < -0.4 is 0 Å². The van der Waals surface area contributed by atoms with Crippen molar-refractivity contribution in [2.24, 2.45) is 5.92 Å². The first-order valence-corrected chi connectivity index (χ1v) is 4.53. The Morgan fingerprint density at radius 1 is 1.67 bits per heavy atom. The number of hydrogen-bond donors (Lipinski definition) is 1. The first-order chi connectivity index (χ1) is 5.70. The maximum absolute atomic E-state index is 10.2. The summed E-state index contributed by atoms with van der Waals surface area (Å²) in [5, 5.41) is 8.38. The van der Waals surface area contributed by atoms with Crippen molar-refractivity contribution in [2.75, 3.05) is 6.61 Å². The zero-order valence-corrected chi connectivity index (χ0v) is 7.45. The third kappa shape index (κ3) is 3.72. The Bertz CT molecular complexity index is 152. The molecule has 12 heavy (non-hydrogen) atoms. The van der Waals surface area contributed by atoms with Crippen LogP contribution in [0, 0.1) is 5.92 Å². The molecule has 1 fully saturated rings. The second-order valence-corrected chi connectivity index (χ2v) is 3.49. The zero-order valence-electron chi connectivity index (χ0n) is 7.45. The Balaban J connectivity index is 1.90.